The van der Waals surface area contributed by atoms with Crippen LogP contribution in [0.5, 0.6) is 0 Å². The maximum atomic E-state index is 6.07. The van der Waals surface area contributed by atoms with Gasteiger partial charge in [0, 0.05) is 23.3 Å². The average molecular weight is 222 g/mol. The second-order valence-electron chi connectivity index (χ2n) is 3.34. The number of benzene rings is 1. The van der Waals surface area contributed by atoms with Gasteiger partial charge in [0.15, 0.2) is 0 Å². The normalized spacial score (nSPS) is 10.6. The third kappa shape index (κ3) is 1.89. The van der Waals surface area contributed by atoms with E-state index in [4.69, 9.17) is 17.3 Å². The second-order valence-corrected chi connectivity index (χ2v) is 3.75. The highest BCUT2D eigenvalue weighted by Gasteiger charge is 2.07. The standard InChI is InChI=1S/C11H12ClN3/c1-8-5-6-15(14-8)11-4-2-3-10(12)9(11)7-13/h2-6H,7,13H2,1H3. The van der Waals surface area contributed by atoms with Gasteiger partial charge in [-0.2, -0.15) is 5.10 Å². The predicted molar refractivity (Wildman–Crippen MR) is 61.2 cm³/mol. The quantitative estimate of drug-likeness (QED) is 0.846. The van der Waals surface area contributed by atoms with E-state index in [2.05, 4.69) is 5.10 Å². The SMILES string of the molecule is Cc1ccn(-c2cccc(Cl)c2CN)n1. The van der Waals surface area contributed by atoms with E-state index in [1.165, 1.54) is 0 Å². The molecule has 0 bridgehead atoms. The molecule has 0 aliphatic heterocycles. The molecule has 1 heterocycles. The van der Waals surface area contributed by atoms with Gasteiger partial charge in [-0.05, 0) is 25.1 Å². The monoisotopic (exact) mass is 221 g/mol. The smallest absolute Gasteiger partial charge is 0.0705 e. The van der Waals surface area contributed by atoms with Crippen molar-refractivity contribution in [1.29, 1.82) is 0 Å². The zero-order valence-corrected chi connectivity index (χ0v) is 9.20. The second kappa shape index (κ2) is 4.04. The molecule has 2 N–H and O–H groups in total. The molecule has 0 radical (unpaired) electrons. The molecule has 1 aromatic carbocycles. The number of nitrogens with two attached hydrogens (primary N) is 1. The Labute approximate surface area is 93.5 Å². The topological polar surface area (TPSA) is 43.8 Å². The zero-order valence-electron chi connectivity index (χ0n) is 8.44. The van der Waals surface area contributed by atoms with Crippen LogP contribution in [-0.4, -0.2) is 9.78 Å². The molecule has 0 saturated heterocycles. The Morgan fingerprint density at radius 3 is 2.80 bits per heavy atom. The maximum absolute atomic E-state index is 6.07. The van der Waals surface area contributed by atoms with Gasteiger partial charge in [0.1, 0.15) is 0 Å². The molecule has 4 heteroatoms. The molecule has 0 saturated carbocycles. The van der Waals surface area contributed by atoms with Gasteiger partial charge in [-0.15, -0.1) is 0 Å². The molecular formula is C11H12ClN3. The van der Waals surface area contributed by atoms with Crippen LogP contribution in [-0.2, 0) is 6.54 Å². The lowest BCUT2D eigenvalue weighted by Gasteiger charge is -2.09. The molecule has 0 amide bonds. The third-order valence-corrected chi connectivity index (χ3v) is 2.62. The summed E-state index contributed by atoms with van der Waals surface area (Å²) in [5, 5.41) is 5.02. The third-order valence-electron chi connectivity index (χ3n) is 2.27. The highest BCUT2D eigenvalue weighted by atomic mass is 35.5. The molecule has 0 fully saturated rings. The van der Waals surface area contributed by atoms with Crippen molar-refractivity contribution in [3.63, 3.8) is 0 Å². The van der Waals surface area contributed by atoms with Gasteiger partial charge in [-0.3, -0.25) is 0 Å². The number of aryl methyl sites for hydroxylation is 1. The number of hydrogen-bond donors (Lipinski definition) is 1. The summed E-state index contributed by atoms with van der Waals surface area (Å²) in [6.45, 7) is 2.36. The largest absolute Gasteiger partial charge is 0.326 e. The summed E-state index contributed by atoms with van der Waals surface area (Å²) in [5.41, 5.74) is 8.50. The van der Waals surface area contributed by atoms with Crippen molar-refractivity contribution in [2.75, 3.05) is 0 Å². The average Bonchev–Trinajstić information content (AvgIpc) is 2.64. The van der Waals surface area contributed by atoms with Crippen LogP contribution in [0, 0.1) is 6.92 Å². The molecule has 0 aliphatic carbocycles. The minimum Gasteiger partial charge on any atom is -0.326 e. The van der Waals surface area contributed by atoms with Gasteiger partial charge in [0.25, 0.3) is 0 Å². The number of nitrogens with zero attached hydrogens (tertiary/aromatic N) is 2. The molecule has 0 spiro atoms. The van der Waals surface area contributed by atoms with Crippen LogP contribution in [0.4, 0.5) is 0 Å². The molecule has 78 valence electrons. The van der Waals surface area contributed by atoms with Gasteiger partial charge in [0.2, 0.25) is 0 Å². The van der Waals surface area contributed by atoms with E-state index in [9.17, 15) is 0 Å². The lowest BCUT2D eigenvalue weighted by atomic mass is 10.2. The summed E-state index contributed by atoms with van der Waals surface area (Å²) in [6, 6.07) is 7.64. The fraction of sp³-hybridized carbons (Fsp3) is 0.182. The molecule has 3 nitrogen and oxygen atoms in total. The van der Waals surface area contributed by atoms with E-state index in [0.29, 0.717) is 11.6 Å². The summed E-state index contributed by atoms with van der Waals surface area (Å²) < 4.78 is 1.80. The highest BCUT2D eigenvalue weighted by molar-refractivity contribution is 6.31. The van der Waals surface area contributed by atoms with Crippen LogP contribution >= 0.6 is 11.6 Å². The van der Waals surface area contributed by atoms with E-state index >= 15 is 0 Å². The molecule has 2 aromatic rings. The molecule has 0 unspecified atom stereocenters. The van der Waals surface area contributed by atoms with Crippen molar-refractivity contribution in [3.05, 3.63) is 46.7 Å². The van der Waals surface area contributed by atoms with Crippen LogP contribution in [0.3, 0.4) is 0 Å². The Hall–Kier alpha value is -1.32. The van der Waals surface area contributed by atoms with Gasteiger partial charge < -0.3 is 5.73 Å². The Morgan fingerprint density at radius 1 is 1.40 bits per heavy atom. The lowest BCUT2D eigenvalue weighted by molar-refractivity contribution is 0.844. The summed E-state index contributed by atoms with van der Waals surface area (Å²) >= 11 is 6.07. The summed E-state index contributed by atoms with van der Waals surface area (Å²) in [4.78, 5) is 0. The number of aromatic nitrogens is 2. The summed E-state index contributed by atoms with van der Waals surface area (Å²) in [7, 11) is 0. The summed E-state index contributed by atoms with van der Waals surface area (Å²) in [5.74, 6) is 0. The Balaban J connectivity index is 2.57. The van der Waals surface area contributed by atoms with Crippen molar-refractivity contribution in [3.8, 4) is 5.69 Å². The van der Waals surface area contributed by atoms with E-state index in [0.717, 1.165) is 16.9 Å². The van der Waals surface area contributed by atoms with E-state index in [1.807, 2.05) is 37.4 Å². The first-order chi connectivity index (χ1) is 7.22. The fourth-order valence-electron chi connectivity index (χ4n) is 1.51. The summed E-state index contributed by atoms with van der Waals surface area (Å²) in [6.07, 6.45) is 1.90. The van der Waals surface area contributed by atoms with Crippen LogP contribution in [0.2, 0.25) is 5.02 Å². The van der Waals surface area contributed by atoms with Crippen molar-refractivity contribution in [2.24, 2.45) is 5.73 Å². The van der Waals surface area contributed by atoms with E-state index < -0.39 is 0 Å². The fourth-order valence-corrected chi connectivity index (χ4v) is 1.76. The molecule has 0 aliphatic rings. The minimum absolute atomic E-state index is 0.411. The Morgan fingerprint density at radius 2 is 2.20 bits per heavy atom. The zero-order chi connectivity index (χ0) is 10.8. The first-order valence-corrected chi connectivity index (χ1v) is 5.10. The van der Waals surface area contributed by atoms with Crippen molar-refractivity contribution in [1.82, 2.24) is 9.78 Å². The number of halogens is 1. The number of rotatable bonds is 2. The van der Waals surface area contributed by atoms with Crippen molar-refractivity contribution in [2.45, 2.75) is 13.5 Å². The minimum atomic E-state index is 0.411. The van der Waals surface area contributed by atoms with Gasteiger partial charge in [-0.1, -0.05) is 17.7 Å². The van der Waals surface area contributed by atoms with Crippen LogP contribution in [0.1, 0.15) is 11.3 Å². The molecule has 2 rings (SSSR count). The predicted octanol–water partition coefficient (Wildman–Crippen LogP) is 2.29. The van der Waals surface area contributed by atoms with Gasteiger partial charge in [0.05, 0.1) is 11.4 Å². The van der Waals surface area contributed by atoms with Crippen LogP contribution in [0.15, 0.2) is 30.5 Å². The van der Waals surface area contributed by atoms with Crippen molar-refractivity contribution < 1.29 is 0 Å². The Kier molecular flexibility index (Phi) is 2.75. The van der Waals surface area contributed by atoms with Crippen LogP contribution in [0.25, 0.3) is 5.69 Å². The molecular weight excluding hydrogens is 210 g/mol. The van der Waals surface area contributed by atoms with Crippen molar-refractivity contribution >= 4 is 11.6 Å². The number of hydrogen-bond acceptors (Lipinski definition) is 2. The highest BCUT2D eigenvalue weighted by Crippen LogP contribution is 2.22. The maximum Gasteiger partial charge on any atom is 0.0705 e. The molecule has 15 heavy (non-hydrogen) atoms. The van der Waals surface area contributed by atoms with Gasteiger partial charge in [-0.25, -0.2) is 4.68 Å². The van der Waals surface area contributed by atoms with E-state index in [1.54, 1.807) is 4.68 Å². The molecule has 0 atom stereocenters. The molecule has 1 aromatic heterocycles. The van der Waals surface area contributed by atoms with Gasteiger partial charge >= 0.3 is 0 Å². The Bertz CT molecular complexity index is 476. The van der Waals surface area contributed by atoms with Crippen LogP contribution < -0.4 is 5.73 Å². The first-order valence-electron chi connectivity index (χ1n) is 4.72. The first kappa shape index (κ1) is 10.2. The lowest BCUT2D eigenvalue weighted by Crippen LogP contribution is -2.05. The van der Waals surface area contributed by atoms with E-state index in [-0.39, 0.29) is 0 Å².